The van der Waals surface area contributed by atoms with Crippen LogP contribution in [0.1, 0.15) is 47.7 Å². The lowest BCUT2D eigenvalue weighted by molar-refractivity contribution is 0.0511. The van der Waals surface area contributed by atoms with Gasteiger partial charge in [-0.1, -0.05) is 0 Å². The summed E-state index contributed by atoms with van der Waals surface area (Å²) in [5, 5.41) is 10.8. The first-order chi connectivity index (χ1) is 10.7. The highest BCUT2D eigenvalue weighted by Gasteiger charge is 2.34. The van der Waals surface area contributed by atoms with Gasteiger partial charge in [0.2, 0.25) is 0 Å². The van der Waals surface area contributed by atoms with Gasteiger partial charge < -0.3 is 15.4 Å². The molecular formula is C16H26N4O2. The second-order valence-corrected chi connectivity index (χ2v) is 6.71. The summed E-state index contributed by atoms with van der Waals surface area (Å²) in [4.78, 5) is 12.6. The Bertz CT molecular complexity index is 525. The third-order valence-electron chi connectivity index (χ3n) is 4.93. The van der Waals surface area contributed by atoms with Gasteiger partial charge >= 0.3 is 0 Å². The first-order valence-corrected chi connectivity index (χ1v) is 8.15. The van der Waals surface area contributed by atoms with Gasteiger partial charge in [-0.3, -0.25) is 9.48 Å². The fraction of sp³-hybridized carbons (Fsp3) is 0.750. The molecule has 0 aromatic carbocycles. The van der Waals surface area contributed by atoms with E-state index in [2.05, 4.69) is 15.7 Å². The van der Waals surface area contributed by atoms with Gasteiger partial charge in [0, 0.05) is 32.0 Å². The van der Waals surface area contributed by atoms with Crippen molar-refractivity contribution in [1.29, 1.82) is 0 Å². The van der Waals surface area contributed by atoms with Crippen molar-refractivity contribution < 1.29 is 9.53 Å². The van der Waals surface area contributed by atoms with E-state index in [1.807, 2.05) is 11.7 Å². The van der Waals surface area contributed by atoms with E-state index in [-0.39, 0.29) is 11.3 Å². The SMILES string of the molecule is COCC1(CNC(=O)c2cnn(C)c2C2CC2)CCNCC1. The number of nitrogens with one attached hydrogen (secondary N) is 2. The van der Waals surface area contributed by atoms with Crippen molar-refractivity contribution >= 4 is 5.91 Å². The number of aryl methyl sites for hydroxylation is 1. The predicted octanol–water partition coefficient (Wildman–Crippen LogP) is 1.04. The molecular weight excluding hydrogens is 280 g/mol. The van der Waals surface area contributed by atoms with E-state index >= 15 is 0 Å². The maximum atomic E-state index is 12.6. The molecule has 1 saturated carbocycles. The Labute approximate surface area is 131 Å². The van der Waals surface area contributed by atoms with Crippen molar-refractivity contribution in [2.24, 2.45) is 12.5 Å². The second kappa shape index (κ2) is 6.38. The zero-order valence-electron chi connectivity index (χ0n) is 13.5. The predicted molar refractivity (Wildman–Crippen MR) is 83.9 cm³/mol. The molecule has 0 bridgehead atoms. The summed E-state index contributed by atoms with van der Waals surface area (Å²) in [7, 11) is 3.65. The van der Waals surface area contributed by atoms with Crippen molar-refractivity contribution in [3.8, 4) is 0 Å². The molecule has 6 nitrogen and oxygen atoms in total. The van der Waals surface area contributed by atoms with Crippen molar-refractivity contribution in [3.63, 3.8) is 0 Å². The number of methoxy groups -OCH3 is 1. The molecule has 1 aromatic heterocycles. The molecule has 0 atom stereocenters. The summed E-state index contributed by atoms with van der Waals surface area (Å²) in [6.07, 6.45) is 6.10. The molecule has 2 N–H and O–H groups in total. The standard InChI is InChI=1S/C16H26N4O2/c1-20-14(12-3-4-12)13(9-19-20)15(21)18-10-16(11-22-2)5-7-17-8-6-16/h9,12,17H,3-8,10-11H2,1-2H3,(H,18,21). The molecule has 1 amide bonds. The average molecular weight is 306 g/mol. The Hall–Kier alpha value is -1.40. The fourth-order valence-corrected chi connectivity index (χ4v) is 3.46. The molecule has 1 saturated heterocycles. The van der Waals surface area contributed by atoms with Crippen molar-refractivity contribution in [2.45, 2.75) is 31.6 Å². The minimum atomic E-state index is 0.00371. The number of carbonyl (C=O) groups is 1. The van der Waals surface area contributed by atoms with E-state index < -0.39 is 0 Å². The number of hydrogen-bond donors (Lipinski definition) is 2. The van der Waals surface area contributed by atoms with Crippen LogP contribution in [0.15, 0.2) is 6.20 Å². The highest BCUT2D eigenvalue weighted by atomic mass is 16.5. The highest BCUT2D eigenvalue weighted by Crippen LogP contribution is 2.41. The first-order valence-electron chi connectivity index (χ1n) is 8.15. The van der Waals surface area contributed by atoms with E-state index in [9.17, 15) is 4.79 Å². The molecule has 22 heavy (non-hydrogen) atoms. The third kappa shape index (κ3) is 3.17. The molecule has 3 rings (SSSR count). The molecule has 122 valence electrons. The first kappa shape index (κ1) is 15.5. The molecule has 2 fully saturated rings. The van der Waals surface area contributed by atoms with Crippen LogP contribution in [0, 0.1) is 5.41 Å². The fourth-order valence-electron chi connectivity index (χ4n) is 3.46. The van der Waals surface area contributed by atoms with E-state index in [0.717, 1.165) is 37.2 Å². The van der Waals surface area contributed by atoms with E-state index in [1.165, 1.54) is 12.8 Å². The summed E-state index contributed by atoms with van der Waals surface area (Å²) in [6.45, 7) is 3.33. The van der Waals surface area contributed by atoms with Crippen LogP contribution in [0.5, 0.6) is 0 Å². The normalized spacial score (nSPS) is 20.8. The number of rotatable bonds is 6. The Balaban J connectivity index is 1.66. The molecule has 2 aliphatic rings. The lowest BCUT2D eigenvalue weighted by atomic mass is 9.79. The molecule has 1 aromatic rings. The number of piperidine rings is 1. The largest absolute Gasteiger partial charge is 0.384 e. The molecule has 6 heteroatoms. The Morgan fingerprint density at radius 1 is 1.50 bits per heavy atom. The van der Waals surface area contributed by atoms with Crippen LogP contribution in [0.4, 0.5) is 0 Å². The second-order valence-electron chi connectivity index (χ2n) is 6.71. The van der Waals surface area contributed by atoms with Gasteiger partial charge in [0.15, 0.2) is 0 Å². The minimum Gasteiger partial charge on any atom is -0.384 e. The summed E-state index contributed by atoms with van der Waals surface area (Å²) < 4.78 is 7.25. The summed E-state index contributed by atoms with van der Waals surface area (Å²) in [5.74, 6) is 0.518. The number of ether oxygens (including phenoxy) is 1. The Morgan fingerprint density at radius 2 is 2.23 bits per heavy atom. The smallest absolute Gasteiger partial charge is 0.254 e. The van der Waals surface area contributed by atoms with Gasteiger partial charge in [-0.25, -0.2) is 0 Å². The van der Waals surface area contributed by atoms with Crippen LogP contribution in [-0.2, 0) is 11.8 Å². The van der Waals surface area contributed by atoms with Gasteiger partial charge in [0.05, 0.1) is 24.1 Å². The third-order valence-corrected chi connectivity index (χ3v) is 4.93. The number of carbonyl (C=O) groups excluding carboxylic acids is 1. The van der Waals surface area contributed by atoms with Crippen LogP contribution in [-0.4, -0.2) is 49.0 Å². The molecule has 1 aliphatic heterocycles. The number of aromatic nitrogens is 2. The van der Waals surface area contributed by atoms with Crippen LogP contribution in [0.25, 0.3) is 0 Å². The van der Waals surface area contributed by atoms with E-state index in [4.69, 9.17) is 4.74 Å². The highest BCUT2D eigenvalue weighted by molar-refractivity contribution is 5.95. The minimum absolute atomic E-state index is 0.00371. The molecule has 0 radical (unpaired) electrons. The summed E-state index contributed by atoms with van der Waals surface area (Å²) in [5.41, 5.74) is 1.88. The zero-order chi connectivity index (χ0) is 15.6. The number of hydrogen-bond acceptors (Lipinski definition) is 4. The number of amides is 1. The Kier molecular flexibility index (Phi) is 4.49. The maximum Gasteiger partial charge on any atom is 0.254 e. The van der Waals surface area contributed by atoms with Gasteiger partial charge in [0.25, 0.3) is 5.91 Å². The number of nitrogens with zero attached hydrogens (tertiary/aromatic N) is 2. The van der Waals surface area contributed by atoms with Gasteiger partial charge in [-0.2, -0.15) is 5.10 Å². The van der Waals surface area contributed by atoms with Gasteiger partial charge in [-0.15, -0.1) is 0 Å². The van der Waals surface area contributed by atoms with Crippen molar-refractivity contribution in [3.05, 3.63) is 17.5 Å². The van der Waals surface area contributed by atoms with E-state index in [1.54, 1.807) is 13.3 Å². The van der Waals surface area contributed by atoms with Crippen LogP contribution >= 0.6 is 0 Å². The topological polar surface area (TPSA) is 68.2 Å². The zero-order valence-corrected chi connectivity index (χ0v) is 13.5. The Morgan fingerprint density at radius 3 is 2.86 bits per heavy atom. The summed E-state index contributed by atoms with van der Waals surface area (Å²) in [6, 6.07) is 0. The summed E-state index contributed by atoms with van der Waals surface area (Å²) >= 11 is 0. The molecule has 0 unspecified atom stereocenters. The monoisotopic (exact) mass is 306 g/mol. The molecule has 1 aliphatic carbocycles. The van der Waals surface area contributed by atoms with Crippen molar-refractivity contribution in [1.82, 2.24) is 20.4 Å². The molecule has 2 heterocycles. The van der Waals surface area contributed by atoms with Gasteiger partial charge in [0.1, 0.15) is 0 Å². The van der Waals surface area contributed by atoms with Crippen molar-refractivity contribution in [2.75, 3.05) is 33.4 Å². The average Bonchev–Trinajstić information content (AvgIpc) is 3.28. The lowest BCUT2D eigenvalue weighted by Crippen LogP contribution is -2.47. The van der Waals surface area contributed by atoms with Gasteiger partial charge in [-0.05, 0) is 38.8 Å². The lowest BCUT2D eigenvalue weighted by Gasteiger charge is -2.37. The van der Waals surface area contributed by atoms with Crippen LogP contribution < -0.4 is 10.6 Å². The molecule has 0 spiro atoms. The quantitative estimate of drug-likeness (QED) is 0.824. The van der Waals surface area contributed by atoms with Crippen LogP contribution in [0.2, 0.25) is 0 Å². The van der Waals surface area contributed by atoms with E-state index in [0.29, 0.717) is 19.1 Å². The maximum absolute atomic E-state index is 12.6. The van der Waals surface area contributed by atoms with Crippen LogP contribution in [0.3, 0.4) is 0 Å².